The van der Waals surface area contributed by atoms with Gasteiger partial charge in [0.15, 0.2) is 0 Å². The highest BCUT2D eigenvalue weighted by Crippen LogP contribution is 2.44. The van der Waals surface area contributed by atoms with E-state index in [9.17, 15) is 39.5 Å². The molecule has 0 spiro atoms. The first-order chi connectivity index (χ1) is 8.76. The third-order valence-electron chi connectivity index (χ3n) is 2.38. The average Bonchev–Trinajstić information content (AvgIpc) is 2.24. The number of alkyl halides is 8. The molecule has 0 heterocycles. The molecule has 0 unspecified atom stereocenters. The summed E-state index contributed by atoms with van der Waals surface area (Å²) in [6.45, 7) is 0. The van der Waals surface area contributed by atoms with Crippen LogP contribution in [0.25, 0.3) is 0 Å². The SMILES string of the molecule is Cl.N[C@@H](c1cc(F)cc(C(F)(F)F)c1)C(F)(F)C(F)(F)F. The Labute approximate surface area is 118 Å². The molecule has 122 valence electrons. The molecule has 1 atom stereocenters. The molecule has 0 aliphatic rings. The standard InChI is InChI=1S/C10H6F9N.ClH/c11-6-2-4(1-5(3-6)9(14,15)16)7(20)8(12,13)10(17,18)19;/h1-3,7H,20H2;1H/t7-;/m0./s1. The lowest BCUT2D eigenvalue weighted by atomic mass is 9.98. The molecule has 2 N–H and O–H groups in total. The second-order valence-electron chi connectivity index (χ2n) is 3.87. The third-order valence-corrected chi connectivity index (χ3v) is 2.38. The summed E-state index contributed by atoms with van der Waals surface area (Å²) in [7, 11) is 0. The van der Waals surface area contributed by atoms with Crippen LogP contribution in [0.5, 0.6) is 0 Å². The van der Waals surface area contributed by atoms with E-state index in [1.54, 1.807) is 0 Å². The molecule has 0 saturated heterocycles. The van der Waals surface area contributed by atoms with Gasteiger partial charge in [0.2, 0.25) is 0 Å². The van der Waals surface area contributed by atoms with E-state index in [1.165, 1.54) is 0 Å². The Morgan fingerprint density at radius 2 is 1.33 bits per heavy atom. The van der Waals surface area contributed by atoms with E-state index in [0.717, 1.165) is 0 Å². The van der Waals surface area contributed by atoms with Crippen molar-refractivity contribution in [2.45, 2.75) is 24.3 Å². The molecule has 21 heavy (non-hydrogen) atoms. The van der Waals surface area contributed by atoms with Gasteiger partial charge in [0.1, 0.15) is 11.9 Å². The maximum absolute atomic E-state index is 12.9. The van der Waals surface area contributed by atoms with E-state index in [4.69, 9.17) is 0 Å². The lowest BCUT2D eigenvalue weighted by Gasteiger charge is -2.26. The van der Waals surface area contributed by atoms with Gasteiger partial charge in [-0.25, -0.2) is 4.39 Å². The molecule has 0 aliphatic heterocycles. The molecule has 1 aromatic carbocycles. The van der Waals surface area contributed by atoms with Gasteiger partial charge in [-0.15, -0.1) is 12.4 Å². The predicted octanol–water partition coefficient (Wildman–Crippen LogP) is 4.46. The third kappa shape index (κ3) is 4.16. The molecule has 0 fully saturated rings. The van der Waals surface area contributed by atoms with Gasteiger partial charge in [-0.05, 0) is 23.8 Å². The molecule has 0 amide bonds. The van der Waals surface area contributed by atoms with Gasteiger partial charge < -0.3 is 5.73 Å². The molecule has 0 aliphatic carbocycles. The predicted molar refractivity (Wildman–Crippen MR) is 56.6 cm³/mol. The molecule has 0 radical (unpaired) electrons. The van der Waals surface area contributed by atoms with Crippen molar-refractivity contribution in [2.24, 2.45) is 5.73 Å². The van der Waals surface area contributed by atoms with Crippen LogP contribution >= 0.6 is 12.4 Å². The number of hydrogen-bond donors (Lipinski definition) is 1. The van der Waals surface area contributed by atoms with E-state index in [-0.39, 0.29) is 30.6 Å². The maximum Gasteiger partial charge on any atom is 0.455 e. The minimum absolute atomic E-state index is 0. The number of hydrogen-bond acceptors (Lipinski definition) is 1. The molecule has 1 aromatic rings. The second kappa shape index (κ2) is 5.91. The molecule has 0 bridgehead atoms. The quantitative estimate of drug-likeness (QED) is 0.785. The van der Waals surface area contributed by atoms with Crippen molar-refractivity contribution < 1.29 is 39.5 Å². The molecule has 1 rings (SSSR count). The lowest BCUT2D eigenvalue weighted by Crippen LogP contribution is -2.45. The molecule has 1 nitrogen and oxygen atoms in total. The van der Waals surface area contributed by atoms with Gasteiger partial charge in [-0.1, -0.05) is 0 Å². The van der Waals surface area contributed by atoms with Crippen LogP contribution in [-0.2, 0) is 6.18 Å². The van der Waals surface area contributed by atoms with Crippen LogP contribution in [0.15, 0.2) is 18.2 Å². The fourth-order valence-electron chi connectivity index (χ4n) is 1.34. The van der Waals surface area contributed by atoms with Crippen molar-refractivity contribution in [1.29, 1.82) is 0 Å². The highest BCUT2D eigenvalue weighted by molar-refractivity contribution is 5.85. The number of benzene rings is 1. The summed E-state index contributed by atoms with van der Waals surface area (Å²) in [6.07, 6.45) is -11.2. The van der Waals surface area contributed by atoms with E-state index in [0.29, 0.717) is 0 Å². The average molecular weight is 348 g/mol. The number of halogens is 10. The summed E-state index contributed by atoms with van der Waals surface area (Å²) < 4.78 is 112. The van der Waals surface area contributed by atoms with Crippen LogP contribution in [0, 0.1) is 5.82 Å². The van der Waals surface area contributed by atoms with Crippen molar-refractivity contribution in [3.63, 3.8) is 0 Å². The van der Waals surface area contributed by atoms with Gasteiger partial charge in [0, 0.05) is 0 Å². The molecular formula is C10H7ClF9N. The summed E-state index contributed by atoms with van der Waals surface area (Å²) in [5.74, 6) is -7.12. The van der Waals surface area contributed by atoms with Gasteiger partial charge in [0.25, 0.3) is 0 Å². The van der Waals surface area contributed by atoms with Gasteiger partial charge in [-0.3, -0.25) is 0 Å². The Hall–Kier alpha value is -1.16. The molecule has 11 heteroatoms. The summed E-state index contributed by atoms with van der Waals surface area (Å²) in [5, 5.41) is 0. The van der Waals surface area contributed by atoms with E-state index in [1.807, 2.05) is 0 Å². The van der Waals surface area contributed by atoms with Gasteiger partial charge in [-0.2, -0.15) is 35.1 Å². The monoisotopic (exact) mass is 347 g/mol. The summed E-state index contributed by atoms with van der Waals surface area (Å²) in [5.41, 5.74) is 1.62. The smallest absolute Gasteiger partial charge is 0.319 e. The summed E-state index contributed by atoms with van der Waals surface area (Å²) in [6, 6.07) is -3.14. The lowest BCUT2D eigenvalue weighted by molar-refractivity contribution is -0.291. The van der Waals surface area contributed by atoms with Crippen molar-refractivity contribution in [1.82, 2.24) is 0 Å². The first kappa shape index (κ1) is 19.8. The van der Waals surface area contributed by atoms with Crippen LogP contribution in [0.3, 0.4) is 0 Å². The van der Waals surface area contributed by atoms with Crippen LogP contribution < -0.4 is 5.73 Å². The zero-order valence-corrected chi connectivity index (χ0v) is 10.5. The van der Waals surface area contributed by atoms with Crippen LogP contribution in [0.1, 0.15) is 17.2 Å². The Morgan fingerprint density at radius 3 is 1.71 bits per heavy atom. The van der Waals surface area contributed by atoms with E-state index in [2.05, 4.69) is 5.73 Å². The Bertz CT molecular complexity index is 494. The van der Waals surface area contributed by atoms with Crippen molar-refractivity contribution in [3.05, 3.63) is 35.1 Å². The minimum atomic E-state index is -6.07. The summed E-state index contributed by atoms with van der Waals surface area (Å²) in [4.78, 5) is 0. The largest absolute Gasteiger partial charge is 0.455 e. The Kier molecular flexibility index (Phi) is 5.59. The minimum Gasteiger partial charge on any atom is -0.319 e. The molecule has 0 aromatic heterocycles. The van der Waals surface area contributed by atoms with Crippen molar-refractivity contribution in [3.8, 4) is 0 Å². The maximum atomic E-state index is 12.9. The van der Waals surface area contributed by atoms with Crippen LogP contribution in [0.2, 0.25) is 0 Å². The normalized spacial score (nSPS) is 14.6. The fourth-order valence-corrected chi connectivity index (χ4v) is 1.34. The highest BCUT2D eigenvalue weighted by Gasteiger charge is 2.61. The van der Waals surface area contributed by atoms with Gasteiger partial charge in [0.05, 0.1) is 5.56 Å². The van der Waals surface area contributed by atoms with Crippen LogP contribution in [0.4, 0.5) is 39.5 Å². The fraction of sp³-hybridized carbons (Fsp3) is 0.400. The summed E-state index contributed by atoms with van der Waals surface area (Å²) >= 11 is 0. The zero-order chi connectivity index (χ0) is 15.9. The van der Waals surface area contributed by atoms with E-state index >= 15 is 0 Å². The molecule has 0 saturated carbocycles. The zero-order valence-electron chi connectivity index (χ0n) is 9.70. The number of rotatable bonds is 2. The molecular weight excluding hydrogens is 341 g/mol. The van der Waals surface area contributed by atoms with E-state index < -0.39 is 41.3 Å². The van der Waals surface area contributed by atoms with Crippen molar-refractivity contribution in [2.75, 3.05) is 0 Å². The topological polar surface area (TPSA) is 26.0 Å². The Morgan fingerprint density at radius 1 is 0.857 bits per heavy atom. The second-order valence-corrected chi connectivity index (χ2v) is 3.87. The first-order valence-corrected chi connectivity index (χ1v) is 4.84. The number of nitrogens with two attached hydrogens (primary N) is 1. The highest BCUT2D eigenvalue weighted by atomic mass is 35.5. The Balaban J connectivity index is 0.00000400. The van der Waals surface area contributed by atoms with Gasteiger partial charge >= 0.3 is 18.3 Å². The van der Waals surface area contributed by atoms with Crippen molar-refractivity contribution >= 4 is 12.4 Å². The van der Waals surface area contributed by atoms with Crippen LogP contribution in [-0.4, -0.2) is 12.1 Å². The first-order valence-electron chi connectivity index (χ1n) is 4.84.